The molecular formula is C27H32F2N8O4S. The molecule has 0 N–H and O–H groups in total. The molecule has 3 heterocycles. The molecule has 0 spiro atoms. The predicted octanol–water partition coefficient (Wildman–Crippen LogP) is 2.99. The second-order valence-corrected chi connectivity index (χ2v) is 12.0. The number of aromatic nitrogens is 5. The molecule has 15 heteroatoms. The number of nitrogens with zero attached hydrogens (tertiary/aromatic N) is 8. The Morgan fingerprint density at radius 1 is 0.976 bits per heavy atom. The van der Waals surface area contributed by atoms with E-state index in [0.29, 0.717) is 61.3 Å². The number of anilines is 2. The Labute approximate surface area is 242 Å². The van der Waals surface area contributed by atoms with E-state index in [1.54, 1.807) is 47.4 Å². The number of halogens is 2. The Balaban J connectivity index is 1.60. The van der Waals surface area contributed by atoms with Crippen molar-refractivity contribution in [2.24, 2.45) is 0 Å². The van der Waals surface area contributed by atoms with E-state index >= 15 is 0 Å². The first-order valence-electron chi connectivity index (χ1n) is 13.2. The van der Waals surface area contributed by atoms with Gasteiger partial charge in [0.05, 0.1) is 37.3 Å². The number of fused-ring (bicyclic) bond motifs is 1. The topological polar surface area (TPSA) is 119 Å². The van der Waals surface area contributed by atoms with Gasteiger partial charge in [-0.3, -0.25) is 8.87 Å². The molecule has 0 radical (unpaired) electrons. The SMILES string of the molecule is COc1cccc2c1nc(C(F)F)n2-c1nc(-c2ccc(N(C)S(=O)(=O)CCN(C)C)cc2)nc(N2CCOCC2)n1. The van der Waals surface area contributed by atoms with Gasteiger partial charge in [-0.05, 0) is 50.5 Å². The molecule has 1 aliphatic heterocycles. The van der Waals surface area contributed by atoms with Crippen LogP contribution in [-0.4, -0.2) is 105 Å². The van der Waals surface area contributed by atoms with Crippen LogP contribution < -0.4 is 13.9 Å². The smallest absolute Gasteiger partial charge is 0.296 e. The van der Waals surface area contributed by atoms with Crippen molar-refractivity contribution >= 4 is 32.7 Å². The summed E-state index contributed by atoms with van der Waals surface area (Å²) in [4.78, 5) is 21.7. The molecule has 2 aromatic heterocycles. The highest BCUT2D eigenvalue weighted by atomic mass is 32.2. The van der Waals surface area contributed by atoms with Gasteiger partial charge in [-0.1, -0.05) is 6.07 Å². The summed E-state index contributed by atoms with van der Waals surface area (Å²) in [7, 11) is 3.03. The van der Waals surface area contributed by atoms with E-state index in [0.717, 1.165) is 0 Å². The van der Waals surface area contributed by atoms with E-state index in [-0.39, 0.29) is 23.0 Å². The van der Waals surface area contributed by atoms with Crippen molar-refractivity contribution in [3.8, 4) is 23.1 Å². The lowest BCUT2D eigenvalue weighted by Crippen LogP contribution is -2.37. The number of alkyl halides is 2. The molecule has 5 rings (SSSR count). The van der Waals surface area contributed by atoms with E-state index in [4.69, 9.17) is 9.47 Å². The summed E-state index contributed by atoms with van der Waals surface area (Å²) in [6.07, 6.45) is -2.92. The van der Waals surface area contributed by atoms with Gasteiger partial charge >= 0.3 is 0 Å². The van der Waals surface area contributed by atoms with Crippen molar-refractivity contribution < 1.29 is 26.7 Å². The second kappa shape index (κ2) is 12.1. The number of rotatable bonds is 10. The van der Waals surface area contributed by atoms with Crippen LogP contribution in [0.5, 0.6) is 5.75 Å². The third-order valence-corrected chi connectivity index (χ3v) is 8.64. The molecule has 224 valence electrons. The number of hydrogen-bond acceptors (Lipinski definition) is 10. The average Bonchev–Trinajstić information content (AvgIpc) is 3.40. The van der Waals surface area contributed by atoms with Gasteiger partial charge in [-0.2, -0.15) is 15.0 Å². The standard InChI is InChI=1S/C27H32F2N8O4S/c1-34(2)14-17-42(38,39)35(3)19-10-8-18(9-11-19)24-31-26(36-12-15-41-16-13-36)33-27(32-24)37-20-6-5-7-21(40-4)22(20)30-25(37)23(28)29/h5-11,23H,12-17H2,1-4H3. The number of para-hydroxylation sites is 1. The zero-order valence-corrected chi connectivity index (χ0v) is 24.6. The van der Waals surface area contributed by atoms with Crippen LogP contribution in [0.4, 0.5) is 20.4 Å². The van der Waals surface area contributed by atoms with E-state index < -0.39 is 22.3 Å². The summed E-state index contributed by atoms with van der Waals surface area (Å²) in [6.45, 7) is 2.34. The number of hydrogen-bond donors (Lipinski definition) is 0. The highest BCUT2D eigenvalue weighted by Crippen LogP contribution is 2.33. The normalized spacial score (nSPS) is 14.2. The molecule has 4 aromatic rings. The zero-order chi connectivity index (χ0) is 30.0. The Kier molecular flexibility index (Phi) is 8.52. The van der Waals surface area contributed by atoms with E-state index in [2.05, 4.69) is 19.9 Å². The molecule has 1 saturated heterocycles. The third kappa shape index (κ3) is 5.98. The number of sulfonamides is 1. The first-order chi connectivity index (χ1) is 20.1. The van der Waals surface area contributed by atoms with Crippen molar-refractivity contribution in [2.45, 2.75) is 6.43 Å². The summed E-state index contributed by atoms with van der Waals surface area (Å²) in [5, 5.41) is 0. The molecule has 0 aliphatic carbocycles. The van der Waals surface area contributed by atoms with Crippen molar-refractivity contribution in [2.75, 3.05) is 76.1 Å². The molecule has 42 heavy (non-hydrogen) atoms. The minimum atomic E-state index is -3.54. The van der Waals surface area contributed by atoms with Crippen molar-refractivity contribution in [3.63, 3.8) is 0 Å². The quantitative estimate of drug-likeness (QED) is 0.268. The monoisotopic (exact) mass is 602 g/mol. The molecular weight excluding hydrogens is 570 g/mol. The molecule has 0 unspecified atom stereocenters. The summed E-state index contributed by atoms with van der Waals surface area (Å²) < 4.78 is 67.5. The van der Waals surface area contributed by atoms with Crippen molar-refractivity contribution in [1.82, 2.24) is 29.4 Å². The first kappa shape index (κ1) is 29.5. The van der Waals surface area contributed by atoms with Crippen LogP contribution >= 0.6 is 0 Å². The van der Waals surface area contributed by atoms with Gasteiger partial charge in [0.15, 0.2) is 11.6 Å². The van der Waals surface area contributed by atoms with Crippen molar-refractivity contribution in [1.29, 1.82) is 0 Å². The van der Waals surface area contributed by atoms with Crippen LogP contribution in [0, 0.1) is 0 Å². The van der Waals surface area contributed by atoms with Gasteiger partial charge in [-0.15, -0.1) is 0 Å². The summed E-state index contributed by atoms with van der Waals surface area (Å²) >= 11 is 0. The highest BCUT2D eigenvalue weighted by molar-refractivity contribution is 7.92. The van der Waals surface area contributed by atoms with Crippen LogP contribution in [0.3, 0.4) is 0 Å². The fourth-order valence-corrected chi connectivity index (χ4v) is 5.83. The molecule has 0 saturated carbocycles. The molecule has 12 nitrogen and oxygen atoms in total. The summed E-state index contributed by atoms with van der Waals surface area (Å²) in [5.74, 6) is 0.288. The molecule has 0 bridgehead atoms. The first-order valence-corrected chi connectivity index (χ1v) is 14.8. The lowest BCUT2D eigenvalue weighted by Gasteiger charge is -2.27. The van der Waals surface area contributed by atoms with Gasteiger partial charge in [0, 0.05) is 32.2 Å². The van der Waals surface area contributed by atoms with E-state index in [1.165, 1.54) is 23.0 Å². The van der Waals surface area contributed by atoms with Gasteiger partial charge in [0.25, 0.3) is 6.43 Å². The van der Waals surface area contributed by atoms with Gasteiger partial charge in [-0.25, -0.2) is 22.2 Å². The number of imidazole rings is 1. The summed E-state index contributed by atoms with van der Waals surface area (Å²) in [6, 6.07) is 11.7. The lowest BCUT2D eigenvalue weighted by atomic mass is 10.2. The largest absolute Gasteiger partial charge is 0.494 e. The maximum absolute atomic E-state index is 14.3. The number of benzene rings is 2. The van der Waals surface area contributed by atoms with Crippen LogP contribution in [-0.2, 0) is 14.8 Å². The van der Waals surface area contributed by atoms with Crippen LogP contribution in [0.1, 0.15) is 12.2 Å². The maximum Gasteiger partial charge on any atom is 0.296 e. The Bertz CT molecular complexity index is 1660. The fourth-order valence-electron chi connectivity index (χ4n) is 4.52. The second-order valence-electron chi connectivity index (χ2n) is 9.93. The van der Waals surface area contributed by atoms with E-state index in [9.17, 15) is 17.2 Å². The van der Waals surface area contributed by atoms with Crippen LogP contribution in [0.2, 0.25) is 0 Å². The van der Waals surface area contributed by atoms with Crippen LogP contribution in [0.15, 0.2) is 42.5 Å². The molecule has 2 aromatic carbocycles. The number of methoxy groups -OCH3 is 1. The molecule has 0 atom stereocenters. The van der Waals surface area contributed by atoms with Crippen LogP contribution in [0.25, 0.3) is 28.4 Å². The molecule has 1 fully saturated rings. The van der Waals surface area contributed by atoms with Crippen molar-refractivity contribution in [3.05, 3.63) is 48.3 Å². The lowest BCUT2D eigenvalue weighted by molar-refractivity contribution is 0.122. The molecule has 0 amide bonds. The number of morpholine rings is 1. The molecule has 1 aliphatic rings. The zero-order valence-electron chi connectivity index (χ0n) is 23.7. The minimum absolute atomic E-state index is 0.0278. The van der Waals surface area contributed by atoms with Gasteiger partial charge < -0.3 is 19.3 Å². The average molecular weight is 603 g/mol. The third-order valence-electron chi connectivity index (χ3n) is 6.90. The van der Waals surface area contributed by atoms with Gasteiger partial charge in [0.2, 0.25) is 21.9 Å². The Hall–Kier alpha value is -3.95. The predicted molar refractivity (Wildman–Crippen MR) is 155 cm³/mol. The Morgan fingerprint density at radius 2 is 1.67 bits per heavy atom. The van der Waals surface area contributed by atoms with Gasteiger partial charge in [0.1, 0.15) is 11.3 Å². The number of ether oxygens (including phenoxy) is 2. The van der Waals surface area contributed by atoms with E-state index in [1.807, 2.05) is 19.0 Å². The Morgan fingerprint density at radius 3 is 2.31 bits per heavy atom. The summed E-state index contributed by atoms with van der Waals surface area (Å²) in [5.41, 5.74) is 1.63. The highest BCUT2D eigenvalue weighted by Gasteiger charge is 2.26. The maximum atomic E-state index is 14.3. The minimum Gasteiger partial charge on any atom is -0.494 e. The fraction of sp³-hybridized carbons (Fsp3) is 0.407.